The lowest BCUT2D eigenvalue weighted by Gasteiger charge is -2.11. The Hall–Kier alpha value is -0.0800. The Bertz CT molecular complexity index is 173. The summed E-state index contributed by atoms with van der Waals surface area (Å²) in [6, 6.07) is 0.440. The molecule has 0 amide bonds. The second-order valence-corrected chi connectivity index (χ2v) is 6.30. The zero-order valence-electron chi connectivity index (χ0n) is 13.9. The molecule has 1 unspecified atom stereocenters. The number of unbranched alkanes of at least 4 members (excludes halogenated alkanes) is 11. The zero-order chi connectivity index (χ0) is 14.9. The Kier molecular flexibility index (Phi) is 16.9. The van der Waals surface area contributed by atoms with Crippen molar-refractivity contribution in [1.29, 1.82) is 0 Å². The van der Waals surface area contributed by atoms with Crippen LogP contribution >= 0.6 is 0 Å². The van der Waals surface area contributed by atoms with E-state index in [1.807, 2.05) is 0 Å². The van der Waals surface area contributed by atoms with Crippen molar-refractivity contribution in [2.45, 2.75) is 109 Å². The number of hydrogen-bond donors (Lipinski definition) is 2. The second kappa shape index (κ2) is 17.0. The minimum atomic E-state index is 0.354. The van der Waals surface area contributed by atoms with Gasteiger partial charge in [-0.25, -0.2) is 0 Å². The normalized spacial score (nSPS) is 12.8. The highest BCUT2D eigenvalue weighted by molar-refractivity contribution is 4.62. The molecule has 0 aromatic rings. The molecule has 0 bridgehead atoms. The van der Waals surface area contributed by atoms with Crippen LogP contribution in [-0.4, -0.2) is 17.8 Å². The van der Waals surface area contributed by atoms with E-state index in [9.17, 15) is 0 Å². The molecule has 1 atom stereocenters. The molecule has 0 aromatic carbocycles. The highest BCUT2D eigenvalue weighted by Gasteiger charge is 2.02. The van der Waals surface area contributed by atoms with Gasteiger partial charge >= 0.3 is 0 Å². The summed E-state index contributed by atoms with van der Waals surface area (Å²) in [5.74, 6) is 0. The number of rotatable bonds is 16. The smallest absolute Gasteiger partial charge is 0.0431 e. The molecule has 0 aliphatic heterocycles. The Morgan fingerprint density at radius 1 is 0.650 bits per heavy atom. The predicted octanol–water partition coefficient (Wildman–Crippen LogP) is 5.18. The molecular weight excluding hydrogens is 246 g/mol. The fourth-order valence-electron chi connectivity index (χ4n) is 2.73. The van der Waals surface area contributed by atoms with E-state index in [-0.39, 0.29) is 0 Å². The Labute approximate surface area is 127 Å². The van der Waals surface area contributed by atoms with Gasteiger partial charge in [-0.2, -0.15) is 0 Å². The summed E-state index contributed by atoms with van der Waals surface area (Å²) in [6.07, 6.45) is 19.4. The van der Waals surface area contributed by atoms with Gasteiger partial charge in [-0.05, 0) is 19.3 Å². The quantitative estimate of drug-likeness (QED) is 0.384. The third-order valence-corrected chi connectivity index (χ3v) is 4.16. The van der Waals surface area contributed by atoms with Gasteiger partial charge in [0, 0.05) is 12.6 Å². The summed E-state index contributed by atoms with van der Waals surface area (Å²) in [7, 11) is 0. The summed E-state index contributed by atoms with van der Waals surface area (Å²) >= 11 is 0. The molecule has 20 heavy (non-hydrogen) atoms. The molecule has 0 rings (SSSR count). The topological polar surface area (TPSA) is 46.2 Å². The summed E-state index contributed by atoms with van der Waals surface area (Å²) < 4.78 is 0. The first-order chi connectivity index (χ1) is 9.81. The first-order valence-corrected chi connectivity index (χ1v) is 9.17. The standard InChI is InChI=1S/C18H39NO/c1-2-3-4-5-9-12-15-18(19)16-13-10-7-6-8-11-14-17-20/h18,20H,2-17,19H2,1H3. The molecule has 2 nitrogen and oxygen atoms in total. The molecule has 122 valence electrons. The van der Waals surface area contributed by atoms with E-state index in [0.717, 1.165) is 6.42 Å². The van der Waals surface area contributed by atoms with E-state index < -0.39 is 0 Å². The fourth-order valence-corrected chi connectivity index (χ4v) is 2.73. The van der Waals surface area contributed by atoms with Crippen LogP contribution in [0.15, 0.2) is 0 Å². The van der Waals surface area contributed by atoms with Crippen LogP contribution in [0.25, 0.3) is 0 Å². The van der Waals surface area contributed by atoms with Crippen molar-refractivity contribution in [2.75, 3.05) is 6.61 Å². The SMILES string of the molecule is CCCCCCCCC(N)CCCCCCCCCO. The summed E-state index contributed by atoms with van der Waals surface area (Å²) in [6.45, 7) is 2.62. The molecule has 0 aliphatic carbocycles. The molecule has 0 radical (unpaired) electrons. The second-order valence-electron chi connectivity index (χ2n) is 6.30. The molecule has 3 N–H and O–H groups in total. The van der Waals surface area contributed by atoms with Gasteiger partial charge in [0.2, 0.25) is 0 Å². The van der Waals surface area contributed by atoms with Crippen molar-refractivity contribution in [3.63, 3.8) is 0 Å². The van der Waals surface area contributed by atoms with Gasteiger partial charge in [0.1, 0.15) is 0 Å². The molecule has 2 heteroatoms. The van der Waals surface area contributed by atoms with E-state index in [1.54, 1.807) is 0 Å². The maximum atomic E-state index is 8.69. The first-order valence-electron chi connectivity index (χ1n) is 9.17. The van der Waals surface area contributed by atoms with Gasteiger partial charge in [-0.1, -0.05) is 84.0 Å². The van der Waals surface area contributed by atoms with Gasteiger partial charge in [0.05, 0.1) is 0 Å². The van der Waals surface area contributed by atoms with Crippen molar-refractivity contribution < 1.29 is 5.11 Å². The van der Waals surface area contributed by atoms with Crippen molar-refractivity contribution in [3.05, 3.63) is 0 Å². The number of aliphatic hydroxyl groups excluding tert-OH is 1. The van der Waals surface area contributed by atoms with Crippen molar-refractivity contribution in [2.24, 2.45) is 5.73 Å². The number of hydrogen-bond acceptors (Lipinski definition) is 2. The maximum Gasteiger partial charge on any atom is 0.0431 e. The molecule has 0 aliphatic rings. The Morgan fingerprint density at radius 3 is 1.50 bits per heavy atom. The lowest BCUT2D eigenvalue weighted by Crippen LogP contribution is -2.19. The third-order valence-electron chi connectivity index (χ3n) is 4.16. The van der Waals surface area contributed by atoms with Crippen molar-refractivity contribution in [1.82, 2.24) is 0 Å². The molecule has 0 saturated heterocycles. The van der Waals surface area contributed by atoms with Crippen molar-refractivity contribution in [3.8, 4) is 0 Å². The summed E-state index contributed by atoms with van der Waals surface area (Å²) in [4.78, 5) is 0. The zero-order valence-corrected chi connectivity index (χ0v) is 13.9. The van der Waals surface area contributed by atoms with E-state index in [1.165, 1.54) is 89.9 Å². The maximum absolute atomic E-state index is 8.69. The lowest BCUT2D eigenvalue weighted by molar-refractivity contribution is 0.282. The molecule has 0 aromatic heterocycles. The van der Waals surface area contributed by atoms with Crippen LogP contribution in [0.3, 0.4) is 0 Å². The highest BCUT2D eigenvalue weighted by Crippen LogP contribution is 2.13. The van der Waals surface area contributed by atoms with Crippen LogP contribution in [0.1, 0.15) is 103 Å². The molecule has 0 saturated carbocycles. The largest absolute Gasteiger partial charge is 0.396 e. The summed E-state index contributed by atoms with van der Waals surface area (Å²) in [5.41, 5.74) is 6.17. The summed E-state index contributed by atoms with van der Waals surface area (Å²) in [5, 5.41) is 8.69. The van der Waals surface area contributed by atoms with Crippen LogP contribution in [0.5, 0.6) is 0 Å². The Balaban J connectivity index is 3.10. The van der Waals surface area contributed by atoms with Crippen LogP contribution in [-0.2, 0) is 0 Å². The van der Waals surface area contributed by atoms with Crippen LogP contribution < -0.4 is 5.73 Å². The van der Waals surface area contributed by atoms with Gasteiger partial charge in [0.15, 0.2) is 0 Å². The van der Waals surface area contributed by atoms with Gasteiger partial charge in [0.25, 0.3) is 0 Å². The molecule has 0 fully saturated rings. The van der Waals surface area contributed by atoms with Gasteiger partial charge in [-0.15, -0.1) is 0 Å². The fraction of sp³-hybridized carbons (Fsp3) is 1.00. The first kappa shape index (κ1) is 19.9. The monoisotopic (exact) mass is 285 g/mol. The van der Waals surface area contributed by atoms with Crippen LogP contribution in [0, 0.1) is 0 Å². The minimum Gasteiger partial charge on any atom is -0.396 e. The van der Waals surface area contributed by atoms with Crippen molar-refractivity contribution >= 4 is 0 Å². The van der Waals surface area contributed by atoms with Gasteiger partial charge in [-0.3, -0.25) is 0 Å². The van der Waals surface area contributed by atoms with Crippen LogP contribution in [0.4, 0.5) is 0 Å². The molecule has 0 heterocycles. The Morgan fingerprint density at radius 2 is 1.05 bits per heavy atom. The van der Waals surface area contributed by atoms with E-state index in [4.69, 9.17) is 10.8 Å². The third kappa shape index (κ3) is 16.0. The lowest BCUT2D eigenvalue weighted by atomic mass is 10.0. The van der Waals surface area contributed by atoms with E-state index in [2.05, 4.69) is 6.92 Å². The molecule has 0 spiro atoms. The van der Waals surface area contributed by atoms with E-state index in [0.29, 0.717) is 12.6 Å². The average molecular weight is 286 g/mol. The van der Waals surface area contributed by atoms with Gasteiger partial charge < -0.3 is 10.8 Å². The predicted molar refractivity (Wildman–Crippen MR) is 90.0 cm³/mol. The highest BCUT2D eigenvalue weighted by atomic mass is 16.2. The van der Waals surface area contributed by atoms with Crippen LogP contribution in [0.2, 0.25) is 0 Å². The number of nitrogens with two attached hydrogens (primary N) is 1. The minimum absolute atomic E-state index is 0.354. The average Bonchev–Trinajstić information content (AvgIpc) is 2.45. The number of aliphatic hydroxyl groups is 1. The molecular formula is C18H39NO. The van der Waals surface area contributed by atoms with E-state index >= 15 is 0 Å².